The Balaban J connectivity index is 2.38. The van der Waals surface area contributed by atoms with Crippen molar-refractivity contribution in [2.24, 2.45) is 5.92 Å². The van der Waals surface area contributed by atoms with Crippen LogP contribution in [0.25, 0.3) is 0 Å². The maximum Gasteiger partial charge on any atom is 0.247 e. The van der Waals surface area contributed by atoms with Crippen molar-refractivity contribution in [1.82, 2.24) is 10.2 Å². The lowest BCUT2D eigenvalue weighted by atomic mass is 10.0. The number of ether oxygens (including phenoxy) is 1. The number of hydrogen-bond donors (Lipinski definition) is 1. The third kappa shape index (κ3) is 5.93. The van der Waals surface area contributed by atoms with Crippen LogP contribution in [0.15, 0.2) is 60.7 Å². The van der Waals surface area contributed by atoms with E-state index in [1.54, 1.807) is 12.0 Å². The summed E-state index contributed by atoms with van der Waals surface area (Å²) < 4.78 is 5.02. The van der Waals surface area contributed by atoms with Crippen LogP contribution < -0.4 is 5.32 Å². The Bertz CT molecular complexity index is 717. The van der Waals surface area contributed by atoms with Crippen molar-refractivity contribution in [3.05, 3.63) is 71.8 Å². The van der Waals surface area contributed by atoms with E-state index < -0.39 is 6.04 Å². The van der Waals surface area contributed by atoms with Crippen molar-refractivity contribution in [3.8, 4) is 0 Å². The average Bonchev–Trinajstić information content (AvgIpc) is 2.68. The average molecular weight is 368 g/mol. The van der Waals surface area contributed by atoms with Crippen LogP contribution in [0.3, 0.4) is 0 Å². The Morgan fingerprint density at radius 1 is 1.00 bits per heavy atom. The number of nitrogens with one attached hydrogen (secondary N) is 1. The molecule has 1 N–H and O–H groups in total. The minimum Gasteiger partial charge on any atom is -0.383 e. The number of amides is 2. The van der Waals surface area contributed by atoms with Crippen molar-refractivity contribution in [2.75, 3.05) is 20.3 Å². The summed E-state index contributed by atoms with van der Waals surface area (Å²) in [4.78, 5) is 27.7. The first-order chi connectivity index (χ1) is 13.0. The van der Waals surface area contributed by atoms with E-state index in [-0.39, 0.29) is 17.7 Å². The van der Waals surface area contributed by atoms with Crippen LogP contribution in [0.5, 0.6) is 0 Å². The predicted octanol–water partition coefficient (Wildman–Crippen LogP) is 3.18. The summed E-state index contributed by atoms with van der Waals surface area (Å²) in [7, 11) is 1.59. The molecule has 144 valence electrons. The molecule has 2 aromatic carbocycles. The van der Waals surface area contributed by atoms with E-state index in [2.05, 4.69) is 5.32 Å². The Morgan fingerprint density at radius 2 is 1.59 bits per heavy atom. The van der Waals surface area contributed by atoms with Gasteiger partial charge in [-0.15, -0.1) is 0 Å². The topological polar surface area (TPSA) is 58.6 Å². The molecule has 0 aliphatic rings. The Hall–Kier alpha value is -2.66. The van der Waals surface area contributed by atoms with Gasteiger partial charge in [-0.2, -0.15) is 0 Å². The molecule has 2 amide bonds. The minimum absolute atomic E-state index is 0.0606. The first kappa shape index (κ1) is 20.6. The van der Waals surface area contributed by atoms with Gasteiger partial charge in [-0.3, -0.25) is 9.59 Å². The molecule has 0 heterocycles. The zero-order valence-electron chi connectivity index (χ0n) is 16.2. The minimum atomic E-state index is -0.696. The molecule has 0 saturated heterocycles. The van der Waals surface area contributed by atoms with Gasteiger partial charge in [0.05, 0.1) is 6.61 Å². The highest BCUT2D eigenvalue weighted by molar-refractivity contribution is 5.89. The lowest BCUT2D eigenvalue weighted by Gasteiger charge is -2.33. The van der Waals surface area contributed by atoms with Gasteiger partial charge in [0, 0.05) is 26.1 Å². The Labute approximate surface area is 161 Å². The number of carbonyl (C=O) groups is 2. The number of methoxy groups -OCH3 is 1. The summed E-state index contributed by atoms with van der Waals surface area (Å²) >= 11 is 0. The molecule has 0 bridgehead atoms. The third-order valence-corrected chi connectivity index (χ3v) is 4.25. The second kappa shape index (κ2) is 10.5. The molecular formula is C22H28N2O3. The standard InChI is InChI=1S/C22H28N2O3/c1-17(2)22(26)24(16-18-10-6-4-7-11-18)20(19-12-8-5-9-13-19)21(25)23-14-15-27-3/h4-13,17,20H,14-16H2,1-3H3,(H,23,25)/t20-/m1/s1. The molecule has 0 aromatic heterocycles. The summed E-state index contributed by atoms with van der Waals surface area (Å²) in [6.07, 6.45) is 0. The zero-order valence-corrected chi connectivity index (χ0v) is 16.2. The maximum atomic E-state index is 13.0. The molecule has 2 aromatic rings. The fourth-order valence-electron chi connectivity index (χ4n) is 2.89. The molecule has 0 unspecified atom stereocenters. The largest absolute Gasteiger partial charge is 0.383 e. The molecule has 0 aliphatic carbocycles. The quantitative estimate of drug-likeness (QED) is 0.692. The van der Waals surface area contributed by atoms with Gasteiger partial charge in [-0.1, -0.05) is 74.5 Å². The highest BCUT2D eigenvalue weighted by Gasteiger charge is 2.32. The van der Waals surface area contributed by atoms with Crippen LogP contribution in [0.4, 0.5) is 0 Å². The van der Waals surface area contributed by atoms with E-state index in [0.29, 0.717) is 19.7 Å². The zero-order chi connectivity index (χ0) is 19.6. The second-order valence-electron chi connectivity index (χ2n) is 6.70. The van der Waals surface area contributed by atoms with Crippen LogP contribution in [0.1, 0.15) is 31.0 Å². The van der Waals surface area contributed by atoms with Gasteiger partial charge < -0.3 is 15.0 Å². The number of hydrogen-bond acceptors (Lipinski definition) is 3. The van der Waals surface area contributed by atoms with Gasteiger partial charge in [-0.25, -0.2) is 0 Å². The van der Waals surface area contributed by atoms with Gasteiger partial charge in [0.1, 0.15) is 6.04 Å². The summed E-state index contributed by atoms with van der Waals surface area (Å²) in [5, 5.41) is 2.88. The van der Waals surface area contributed by atoms with Gasteiger partial charge in [-0.05, 0) is 11.1 Å². The molecular weight excluding hydrogens is 340 g/mol. The van der Waals surface area contributed by atoms with E-state index in [1.807, 2.05) is 74.5 Å². The van der Waals surface area contributed by atoms with Gasteiger partial charge >= 0.3 is 0 Å². The van der Waals surface area contributed by atoms with E-state index in [9.17, 15) is 9.59 Å². The van der Waals surface area contributed by atoms with Crippen molar-refractivity contribution in [2.45, 2.75) is 26.4 Å². The summed E-state index contributed by atoms with van der Waals surface area (Å²) in [5.74, 6) is -0.482. The predicted molar refractivity (Wildman–Crippen MR) is 106 cm³/mol. The third-order valence-electron chi connectivity index (χ3n) is 4.25. The molecule has 0 saturated carbocycles. The van der Waals surface area contributed by atoms with E-state index >= 15 is 0 Å². The van der Waals surface area contributed by atoms with Crippen molar-refractivity contribution in [3.63, 3.8) is 0 Å². The van der Waals surface area contributed by atoms with Crippen LogP contribution in [0, 0.1) is 5.92 Å². The van der Waals surface area contributed by atoms with Gasteiger partial charge in [0.15, 0.2) is 0 Å². The molecule has 1 atom stereocenters. The highest BCUT2D eigenvalue weighted by atomic mass is 16.5. The molecule has 5 nitrogen and oxygen atoms in total. The lowest BCUT2D eigenvalue weighted by molar-refractivity contribution is -0.144. The van der Waals surface area contributed by atoms with E-state index in [0.717, 1.165) is 11.1 Å². The monoisotopic (exact) mass is 368 g/mol. The van der Waals surface area contributed by atoms with Crippen LogP contribution in [0.2, 0.25) is 0 Å². The lowest BCUT2D eigenvalue weighted by Crippen LogP contribution is -2.45. The van der Waals surface area contributed by atoms with Crippen LogP contribution in [-0.2, 0) is 20.9 Å². The molecule has 0 fully saturated rings. The fourth-order valence-corrected chi connectivity index (χ4v) is 2.89. The number of benzene rings is 2. The number of rotatable bonds is 9. The SMILES string of the molecule is COCCNC(=O)[C@@H](c1ccccc1)N(Cc1ccccc1)C(=O)C(C)C. The van der Waals surface area contributed by atoms with Crippen molar-refractivity contribution >= 4 is 11.8 Å². The molecule has 0 radical (unpaired) electrons. The smallest absolute Gasteiger partial charge is 0.247 e. The number of nitrogens with zero attached hydrogens (tertiary/aromatic N) is 1. The van der Waals surface area contributed by atoms with Gasteiger partial charge in [0.2, 0.25) is 11.8 Å². The highest BCUT2D eigenvalue weighted by Crippen LogP contribution is 2.25. The van der Waals surface area contributed by atoms with Crippen LogP contribution >= 0.6 is 0 Å². The molecule has 0 spiro atoms. The summed E-state index contributed by atoms with van der Waals surface area (Å²) in [6, 6.07) is 18.5. The summed E-state index contributed by atoms with van der Waals surface area (Å²) in [5.41, 5.74) is 1.77. The Kier molecular flexibility index (Phi) is 8.01. The van der Waals surface area contributed by atoms with E-state index in [4.69, 9.17) is 4.74 Å². The van der Waals surface area contributed by atoms with E-state index in [1.165, 1.54) is 0 Å². The van der Waals surface area contributed by atoms with Gasteiger partial charge in [0.25, 0.3) is 0 Å². The Morgan fingerprint density at radius 3 is 2.15 bits per heavy atom. The second-order valence-corrected chi connectivity index (χ2v) is 6.70. The fraction of sp³-hybridized carbons (Fsp3) is 0.364. The first-order valence-corrected chi connectivity index (χ1v) is 9.20. The molecule has 27 heavy (non-hydrogen) atoms. The molecule has 5 heteroatoms. The number of carbonyl (C=O) groups excluding carboxylic acids is 2. The normalized spacial score (nSPS) is 11.9. The molecule has 2 rings (SSSR count). The van der Waals surface area contributed by atoms with Crippen molar-refractivity contribution < 1.29 is 14.3 Å². The summed E-state index contributed by atoms with van der Waals surface area (Å²) in [6.45, 7) is 4.89. The molecule has 0 aliphatic heterocycles. The van der Waals surface area contributed by atoms with Crippen LogP contribution in [-0.4, -0.2) is 37.0 Å². The van der Waals surface area contributed by atoms with Crippen molar-refractivity contribution in [1.29, 1.82) is 0 Å². The maximum absolute atomic E-state index is 13.0. The first-order valence-electron chi connectivity index (χ1n) is 9.20.